The number of nitrogens with one attached hydrogen (secondary N) is 1. The summed E-state index contributed by atoms with van der Waals surface area (Å²) in [7, 11) is 1.72. The van der Waals surface area contributed by atoms with Crippen molar-refractivity contribution in [2.24, 2.45) is 0 Å². The maximum atomic E-state index is 6.05. The maximum Gasteiger partial charge on any atom is 0.132 e. The van der Waals surface area contributed by atoms with Crippen molar-refractivity contribution in [3.63, 3.8) is 0 Å². The summed E-state index contributed by atoms with van der Waals surface area (Å²) >= 11 is 1.82. The van der Waals surface area contributed by atoms with Gasteiger partial charge in [0.2, 0.25) is 0 Å². The molecule has 3 nitrogen and oxygen atoms in total. The molecule has 5 heteroatoms. The minimum absolute atomic E-state index is 0. The number of hydrogen-bond acceptors (Lipinski definition) is 4. The van der Waals surface area contributed by atoms with Gasteiger partial charge in [-0.2, -0.15) is 0 Å². The van der Waals surface area contributed by atoms with Gasteiger partial charge in [-0.1, -0.05) is 42.0 Å². The number of thioether (sulfide) groups is 1. The first-order chi connectivity index (χ1) is 11.3. The van der Waals surface area contributed by atoms with E-state index in [9.17, 15) is 0 Å². The number of ether oxygens (including phenoxy) is 2. The third kappa shape index (κ3) is 4.67. The molecule has 0 saturated carbocycles. The molecule has 1 heterocycles. The van der Waals surface area contributed by atoms with Crippen molar-refractivity contribution >= 4 is 24.2 Å². The molecule has 0 radical (unpaired) electrons. The van der Waals surface area contributed by atoms with E-state index >= 15 is 0 Å². The first kappa shape index (κ1) is 19.1. The fraction of sp³-hybridized carbons (Fsp3) is 0.368. The van der Waals surface area contributed by atoms with Crippen molar-refractivity contribution in [1.29, 1.82) is 0 Å². The van der Waals surface area contributed by atoms with Gasteiger partial charge in [-0.15, -0.1) is 24.2 Å². The SMILES string of the molecule is COc1ccccc1SC(c1ccc(C)cc1)[C@H]1CNCCO1.Cl. The zero-order chi connectivity index (χ0) is 16.1. The Morgan fingerprint density at radius 1 is 1.17 bits per heavy atom. The third-order valence-corrected chi connectivity index (χ3v) is 5.44. The summed E-state index contributed by atoms with van der Waals surface area (Å²) in [6.07, 6.45) is 0.154. The van der Waals surface area contributed by atoms with Crippen molar-refractivity contribution in [2.75, 3.05) is 26.8 Å². The summed E-state index contributed by atoms with van der Waals surface area (Å²) < 4.78 is 11.6. The number of aryl methyl sites for hydroxylation is 1. The highest BCUT2D eigenvalue weighted by Gasteiger charge is 2.27. The number of para-hydroxylation sites is 1. The Labute approximate surface area is 154 Å². The molecular formula is C19H24ClNO2S. The van der Waals surface area contributed by atoms with Crippen LogP contribution < -0.4 is 10.1 Å². The summed E-state index contributed by atoms with van der Waals surface area (Å²) in [5.74, 6) is 0.915. The van der Waals surface area contributed by atoms with Gasteiger partial charge in [0, 0.05) is 13.1 Å². The molecule has 1 aliphatic heterocycles. The predicted octanol–water partition coefficient (Wildman–Crippen LogP) is 4.25. The Morgan fingerprint density at radius 3 is 2.58 bits per heavy atom. The van der Waals surface area contributed by atoms with Crippen LogP contribution in [0.1, 0.15) is 16.4 Å². The molecule has 130 valence electrons. The van der Waals surface area contributed by atoms with Crippen molar-refractivity contribution in [3.05, 3.63) is 59.7 Å². The van der Waals surface area contributed by atoms with E-state index in [-0.39, 0.29) is 23.8 Å². The van der Waals surface area contributed by atoms with E-state index in [1.165, 1.54) is 11.1 Å². The average molecular weight is 366 g/mol. The van der Waals surface area contributed by atoms with Crippen LogP contribution in [0.5, 0.6) is 5.75 Å². The molecule has 0 aliphatic carbocycles. The molecule has 0 amide bonds. The van der Waals surface area contributed by atoms with Crippen molar-refractivity contribution in [1.82, 2.24) is 5.32 Å². The van der Waals surface area contributed by atoms with Crippen molar-refractivity contribution in [2.45, 2.75) is 23.2 Å². The second-order valence-electron chi connectivity index (χ2n) is 5.71. The smallest absolute Gasteiger partial charge is 0.132 e. The molecule has 0 bridgehead atoms. The van der Waals surface area contributed by atoms with Gasteiger partial charge >= 0.3 is 0 Å². The van der Waals surface area contributed by atoms with Crippen LogP contribution in [0.15, 0.2) is 53.4 Å². The summed E-state index contributed by atoms with van der Waals surface area (Å²) in [4.78, 5) is 1.15. The van der Waals surface area contributed by atoms with E-state index < -0.39 is 0 Å². The van der Waals surface area contributed by atoms with Gasteiger partial charge in [0.25, 0.3) is 0 Å². The molecule has 1 N–H and O–H groups in total. The van der Waals surface area contributed by atoms with E-state index in [2.05, 4.69) is 48.6 Å². The largest absolute Gasteiger partial charge is 0.496 e. The highest BCUT2D eigenvalue weighted by molar-refractivity contribution is 7.99. The number of halogens is 1. The van der Waals surface area contributed by atoms with Gasteiger partial charge in [0.1, 0.15) is 5.75 Å². The van der Waals surface area contributed by atoms with Crippen LogP contribution >= 0.6 is 24.2 Å². The standard InChI is InChI=1S/C19H23NO2S.ClH/c1-14-7-9-15(10-8-14)19(17-13-20-11-12-22-17)23-18-6-4-3-5-16(18)21-2;/h3-10,17,19-20H,11-13H2,1-2H3;1H/t17-,19?;/m1./s1. The Balaban J connectivity index is 0.00000208. The average Bonchev–Trinajstić information content (AvgIpc) is 2.61. The van der Waals surface area contributed by atoms with Gasteiger partial charge in [-0.3, -0.25) is 0 Å². The fourth-order valence-corrected chi connectivity index (χ4v) is 4.07. The molecular weight excluding hydrogens is 342 g/mol. The zero-order valence-electron chi connectivity index (χ0n) is 14.0. The predicted molar refractivity (Wildman–Crippen MR) is 103 cm³/mol. The summed E-state index contributed by atoms with van der Waals surface area (Å²) in [5.41, 5.74) is 2.57. The van der Waals surface area contributed by atoms with E-state index in [0.29, 0.717) is 0 Å². The molecule has 0 aromatic heterocycles. The van der Waals surface area contributed by atoms with Crippen LogP contribution in [-0.4, -0.2) is 32.9 Å². The van der Waals surface area contributed by atoms with E-state index in [1.54, 1.807) is 7.11 Å². The number of hydrogen-bond donors (Lipinski definition) is 1. The molecule has 3 rings (SSSR count). The third-order valence-electron chi connectivity index (χ3n) is 4.02. The van der Waals surface area contributed by atoms with Crippen LogP contribution in [0.2, 0.25) is 0 Å². The molecule has 2 aromatic rings. The summed E-state index contributed by atoms with van der Waals surface area (Å²) in [6.45, 7) is 4.68. The molecule has 1 aliphatic rings. The molecule has 1 unspecified atom stereocenters. The van der Waals surface area contributed by atoms with Crippen LogP contribution in [0.3, 0.4) is 0 Å². The van der Waals surface area contributed by atoms with Crippen molar-refractivity contribution in [3.8, 4) is 5.75 Å². The maximum absolute atomic E-state index is 6.05. The Morgan fingerprint density at radius 2 is 1.92 bits per heavy atom. The second kappa shape index (κ2) is 9.33. The number of methoxy groups -OCH3 is 1. The molecule has 1 fully saturated rings. The number of rotatable bonds is 5. The second-order valence-corrected chi connectivity index (χ2v) is 6.90. The van der Waals surface area contributed by atoms with Crippen LogP contribution in [0.25, 0.3) is 0 Å². The van der Waals surface area contributed by atoms with Gasteiger partial charge < -0.3 is 14.8 Å². The Hall–Kier alpha value is -1.20. The van der Waals surface area contributed by atoms with Gasteiger partial charge in [-0.25, -0.2) is 0 Å². The van der Waals surface area contributed by atoms with Crippen LogP contribution in [0.4, 0.5) is 0 Å². The Bertz CT molecular complexity index is 630. The highest BCUT2D eigenvalue weighted by atomic mass is 35.5. The van der Waals surface area contributed by atoms with Crippen LogP contribution in [0, 0.1) is 6.92 Å². The summed E-state index contributed by atoms with van der Waals surface area (Å²) in [5, 5.41) is 3.68. The highest BCUT2D eigenvalue weighted by Crippen LogP contribution is 2.42. The zero-order valence-corrected chi connectivity index (χ0v) is 15.7. The minimum atomic E-state index is 0. The first-order valence-corrected chi connectivity index (χ1v) is 8.84. The lowest BCUT2D eigenvalue weighted by molar-refractivity contribution is 0.0273. The van der Waals surface area contributed by atoms with Gasteiger partial charge in [0.15, 0.2) is 0 Å². The molecule has 24 heavy (non-hydrogen) atoms. The van der Waals surface area contributed by atoms with Crippen LogP contribution in [-0.2, 0) is 4.74 Å². The molecule has 1 saturated heterocycles. The molecule has 2 atom stereocenters. The monoisotopic (exact) mass is 365 g/mol. The van der Waals surface area contributed by atoms with E-state index in [0.717, 1.165) is 30.3 Å². The Kier molecular flexibility index (Phi) is 7.43. The van der Waals surface area contributed by atoms with Gasteiger partial charge in [-0.05, 0) is 24.6 Å². The normalized spacial score (nSPS) is 18.5. The quantitative estimate of drug-likeness (QED) is 0.802. The lowest BCUT2D eigenvalue weighted by Crippen LogP contribution is -2.41. The lowest BCUT2D eigenvalue weighted by atomic mass is 10.0. The van der Waals surface area contributed by atoms with E-state index in [4.69, 9.17) is 9.47 Å². The van der Waals surface area contributed by atoms with Crippen molar-refractivity contribution < 1.29 is 9.47 Å². The topological polar surface area (TPSA) is 30.5 Å². The van der Waals surface area contributed by atoms with Gasteiger partial charge in [0.05, 0.1) is 30.0 Å². The number of morpholine rings is 1. The number of benzene rings is 2. The molecule has 0 spiro atoms. The minimum Gasteiger partial charge on any atom is -0.496 e. The lowest BCUT2D eigenvalue weighted by Gasteiger charge is -2.31. The first-order valence-electron chi connectivity index (χ1n) is 7.96. The fourth-order valence-electron chi connectivity index (χ4n) is 2.75. The summed E-state index contributed by atoms with van der Waals surface area (Å²) in [6, 6.07) is 16.9. The van der Waals surface area contributed by atoms with E-state index in [1.807, 2.05) is 23.9 Å². The molecule has 2 aromatic carbocycles.